The predicted molar refractivity (Wildman–Crippen MR) is 113 cm³/mol. The predicted octanol–water partition coefficient (Wildman–Crippen LogP) is 5.33. The largest absolute Gasteiger partial charge is 0.489 e. The zero-order chi connectivity index (χ0) is 19.1. The van der Waals surface area contributed by atoms with Gasteiger partial charge in [0.1, 0.15) is 12.4 Å². The Kier molecular flexibility index (Phi) is 8.33. The highest BCUT2D eigenvalue weighted by Crippen LogP contribution is 2.20. The van der Waals surface area contributed by atoms with E-state index in [1.165, 1.54) is 0 Å². The smallest absolute Gasteiger partial charge is 0.335 e. The first kappa shape index (κ1) is 21.8. The van der Waals surface area contributed by atoms with Crippen LogP contribution in [0.2, 0.25) is 5.02 Å². The summed E-state index contributed by atoms with van der Waals surface area (Å²) in [5.74, 6) is -0.0811. The lowest BCUT2D eigenvalue weighted by atomic mass is 10.1. The third-order valence-electron chi connectivity index (χ3n) is 4.13. The van der Waals surface area contributed by atoms with Crippen LogP contribution in [0.1, 0.15) is 27.0 Å². The average Bonchev–Trinajstić information content (AvgIpc) is 2.69. The lowest BCUT2D eigenvalue weighted by Gasteiger charge is -2.12. The van der Waals surface area contributed by atoms with Crippen molar-refractivity contribution < 1.29 is 14.6 Å². The van der Waals surface area contributed by atoms with E-state index in [4.69, 9.17) is 21.4 Å². The molecule has 0 radical (unpaired) electrons. The molecule has 28 heavy (non-hydrogen) atoms. The lowest BCUT2D eigenvalue weighted by molar-refractivity contribution is 0.0697. The molecule has 0 atom stereocenters. The maximum absolute atomic E-state index is 10.9. The van der Waals surface area contributed by atoms with Crippen LogP contribution in [0.5, 0.6) is 5.75 Å². The second kappa shape index (κ2) is 10.7. The fraction of sp³-hybridized carbons (Fsp3) is 0.136. The molecule has 0 aliphatic rings. The molecule has 3 aromatic rings. The number of para-hydroxylation sites is 1. The van der Waals surface area contributed by atoms with E-state index in [0.29, 0.717) is 30.3 Å². The van der Waals surface area contributed by atoms with Crippen molar-refractivity contribution in [2.45, 2.75) is 19.7 Å². The average molecular weight is 418 g/mol. The number of ether oxygens (including phenoxy) is 1. The zero-order valence-corrected chi connectivity index (χ0v) is 16.7. The fourth-order valence-corrected chi connectivity index (χ4v) is 2.77. The standard InChI is InChI=1S/C22H20ClNO3.ClH/c23-20-11-7-17(8-12-20)15-27-21-4-2-1-3-19(21)14-24-13-16-5-9-18(10-6-16)22(25)26;/h1-12,24H,13-15H2,(H,25,26);1H. The van der Waals surface area contributed by atoms with Crippen molar-refractivity contribution in [3.8, 4) is 5.75 Å². The summed E-state index contributed by atoms with van der Waals surface area (Å²) in [4.78, 5) is 10.9. The fourth-order valence-electron chi connectivity index (χ4n) is 2.64. The Morgan fingerprint density at radius 2 is 1.54 bits per heavy atom. The Morgan fingerprint density at radius 3 is 2.21 bits per heavy atom. The normalized spacial score (nSPS) is 10.2. The van der Waals surface area contributed by atoms with Crippen LogP contribution >= 0.6 is 24.0 Å². The number of halogens is 2. The van der Waals surface area contributed by atoms with E-state index in [2.05, 4.69) is 5.32 Å². The summed E-state index contributed by atoms with van der Waals surface area (Å²) in [6.45, 7) is 1.77. The molecular weight excluding hydrogens is 397 g/mol. The Morgan fingerprint density at radius 1 is 0.893 bits per heavy atom. The van der Waals surface area contributed by atoms with E-state index in [0.717, 1.165) is 22.4 Å². The number of hydrogen-bond acceptors (Lipinski definition) is 3. The van der Waals surface area contributed by atoms with Crippen LogP contribution in [-0.4, -0.2) is 11.1 Å². The number of nitrogens with one attached hydrogen (secondary N) is 1. The minimum atomic E-state index is -0.915. The van der Waals surface area contributed by atoms with Crippen LogP contribution in [0.15, 0.2) is 72.8 Å². The molecule has 3 aromatic carbocycles. The molecule has 0 bridgehead atoms. The highest BCUT2D eigenvalue weighted by Gasteiger charge is 2.05. The highest BCUT2D eigenvalue weighted by atomic mass is 35.5. The number of benzene rings is 3. The number of carbonyl (C=O) groups is 1. The highest BCUT2D eigenvalue weighted by molar-refractivity contribution is 6.30. The van der Waals surface area contributed by atoms with Crippen molar-refractivity contribution >= 4 is 30.0 Å². The van der Waals surface area contributed by atoms with Gasteiger partial charge in [-0.1, -0.05) is 54.1 Å². The van der Waals surface area contributed by atoms with Gasteiger partial charge >= 0.3 is 5.97 Å². The van der Waals surface area contributed by atoms with Crippen LogP contribution in [-0.2, 0) is 19.7 Å². The second-order valence-electron chi connectivity index (χ2n) is 6.13. The number of carboxylic acid groups (broad SMARTS) is 1. The summed E-state index contributed by atoms with van der Waals surface area (Å²) in [7, 11) is 0. The van der Waals surface area contributed by atoms with Gasteiger partial charge in [0.25, 0.3) is 0 Å². The van der Waals surface area contributed by atoms with Crippen LogP contribution in [0.25, 0.3) is 0 Å². The molecular formula is C22H21Cl2NO3. The molecule has 0 spiro atoms. The molecule has 0 aromatic heterocycles. The summed E-state index contributed by atoms with van der Waals surface area (Å²) in [5.41, 5.74) is 3.44. The van der Waals surface area contributed by atoms with Gasteiger partial charge in [-0.15, -0.1) is 12.4 Å². The van der Waals surface area contributed by atoms with E-state index in [9.17, 15) is 4.79 Å². The molecule has 4 nitrogen and oxygen atoms in total. The molecule has 0 amide bonds. The number of carboxylic acids is 1. The van der Waals surface area contributed by atoms with E-state index >= 15 is 0 Å². The van der Waals surface area contributed by atoms with Crippen molar-refractivity contribution in [1.29, 1.82) is 0 Å². The molecule has 0 aliphatic carbocycles. The lowest BCUT2D eigenvalue weighted by Crippen LogP contribution is -2.13. The minimum absolute atomic E-state index is 0. The molecule has 0 saturated carbocycles. The van der Waals surface area contributed by atoms with Gasteiger partial charge in [-0.05, 0) is 41.5 Å². The van der Waals surface area contributed by atoms with Gasteiger partial charge in [0.15, 0.2) is 0 Å². The Hall–Kier alpha value is -2.53. The maximum atomic E-state index is 10.9. The minimum Gasteiger partial charge on any atom is -0.489 e. The quantitative estimate of drug-likeness (QED) is 0.519. The monoisotopic (exact) mass is 417 g/mol. The Bertz CT molecular complexity index is 896. The van der Waals surface area contributed by atoms with E-state index in [1.807, 2.05) is 60.7 Å². The first-order valence-electron chi connectivity index (χ1n) is 8.60. The number of rotatable bonds is 8. The van der Waals surface area contributed by atoms with Gasteiger partial charge in [0.2, 0.25) is 0 Å². The van der Waals surface area contributed by atoms with Gasteiger partial charge in [0, 0.05) is 23.7 Å². The van der Waals surface area contributed by atoms with Crippen molar-refractivity contribution in [2.75, 3.05) is 0 Å². The topological polar surface area (TPSA) is 58.6 Å². The summed E-state index contributed by atoms with van der Waals surface area (Å²) in [6, 6.07) is 22.4. The summed E-state index contributed by atoms with van der Waals surface area (Å²) >= 11 is 5.91. The first-order valence-corrected chi connectivity index (χ1v) is 8.98. The molecule has 0 saturated heterocycles. The molecule has 6 heteroatoms. The number of aromatic carboxylic acids is 1. The molecule has 0 fully saturated rings. The molecule has 0 heterocycles. The van der Waals surface area contributed by atoms with Crippen LogP contribution in [0.4, 0.5) is 0 Å². The zero-order valence-electron chi connectivity index (χ0n) is 15.1. The summed E-state index contributed by atoms with van der Waals surface area (Å²) in [6.07, 6.45) is 0. The van der Waals surface area contributed by atoms with E-state index < -0.39 is 5.97 Å². The van der Waals surface area contributed by atoms with Crippen LogP contribution in [0.3, 0.4) is 0 Å². The van der Waals surface area contributed by atoms with Gasteiger partial charge in [-0.2, -0.15) is 0 Å². The van der Waals surface area contributed by atoms with Crippen molar-refractivity contribution in [3.05, 3.63) is 100 Å². The molecule has 2 N–H and O–H groups in total. The van der Waals surface area contributed by atoms with Crippen molar-refractivity contribution in [3.63, 3.8) is 0 Å². The molecule has 0 aliphatic heterocycles. The van der Waals surface area contributed by atoms with Crippen molar-refractivity contribution in [2.24, 2.45) is 0 Å². The molecule has 3 rings (SSSR count). The molecule has 0 unspecified atom stereocenters. The van der Waals surface area contributed by atoms with E-state index in [1.54, 1.807) is 12.1 Å². The van der Waals surface area contributed by atoms with Gasteiger partial charge < -0.3 is 15.2 Å². The summed E-state index contributed by atoms with van der Waals surface area (Å²) < 4.78 is 5.96. The van der Waals surface area contributed by atoms with Gasteiger partial charge in [0.05, 0.1) is 5.56 Å². The third-order valence-corrected chi connectivity index (χ3v) is 4.38. The SMILES string of the molecule is Cl.O=C(O)c1ccc(CNCc2ccccc2OCc2ccc(Cl)cc2)cc1. The van der Waals surface area contributed by atoms with Gasteiger partial charge in [-0.3, -0.25) is 0 Å². The van der Waals surface area contributed by atoms with E-state index in [-0.39, 0.29) is 12.4 Å². The Balaban J connectivity index is 0.00000280. The Labute approximate surface area is 175 Å². The van der Waals surface area contributed by atoms with Crippen LogP contribution in [0, 0.1) is 0 Å². The molecule has 146 valence electrons. The van der Waals surface area contributed by atoms with Crippen molar-refractivity contribution in [1.82, 2.24) is 5.32 Å². The van der Waals surface area contributed by atoms with Crippen LogP contribution < -0.4 is 10.1 Å². The third kappa shape index (κ3) is 6.27. The second-order valence-corrected chi connectivity index (χ2v) is 6.56. The number of hydrogen-bond donors (Lipinski definition) is 2. The first-order chi connectivity index (χ1) is 13.1. The van der Waals surface area contributed by atoms with Gasteiger partial charge in [-0.25, -0.2) is 4.79 Å². The maximum Gasteiger partial charge on any atom is 0.335 e. The summed E-state index contributed by atoms with van der Waals surface area (Å²) in [5, 5.41) is 13.0.